The van der Waals surface area contributed by atoms with Crippen LogP contribution in [0.1, 0.15) is 18.4 Å². The number of nitrogens with zero attached hydrogens (tertiary/aromatic N) is 1. The zero-order valence-corrected chi connectivity index (χ0v) is 15.0. The number of fused-ring (bicyclic) bond motifs is 1. The summed E-state index contributed by atoms with van der Waals surface area (Å²) in [6.07, 6.45) is 1.63. The molecule has 0 bridgehead atoms. The molecule has 0 saturated heterocycles. The Bertz CT molecular complexity index is 805. The summed E-state index contributed by atoms with van der Waals surface area (Å²) >= 11 is 0. The average Bonchev–Trinajstić information content (AvgIpc) is 2.88. The summed E-state index contributed by atoms with van der Waals surface area (Å²) in [6, 6.07) is 5.37. The number of rotatable bonds is 8. The number of carboxylic acids is 2. The quantitative estimate of drug-likeness (QED) is 0.535. The maximum Gasteiger partial charge on any atom is 0.326 e. The number of halogens is 1. The molecule has 1 aromatic heterocycles. The van der Waals surface area contributed by atoms with Crippen LogP contribution >= 0.6 is 12.4 Å². The molecule has 26 heavy (non-hydrogen) atoms. The molecule has 0 fully saturated rings. The van der Waals surface area contributed by atoms with Gasteiger partial charge in [-0.05, 0) is 18.1 Å². The minimum absolute atomic E-state index is 0. The topological polar surface area (TPSA) is 135 Å². The van der Waals surface area contributed by atoms with Gasteiger partial charge in [0, 0.05) is 37.0 Å². The second kappa shape index (κ2) is 9.21. The third-order valence-corrected chi connectivity index (χ3v) is 4.02. The Morgan fingerprint density at radius 2 is 1.88 bits per heavy atom. The van der Waals surface area contributed by atoms with Crippen LogP contribution in [0.25, 0.3) is 10.9 Å². The van der Waals surface area contributed by atoms with E-state index in [-0.39, 0.29) is 31.7 Å². The molecule has 0 spiro atoms. The standard InChI is InChI=1S/C17H21N3O5.ClH/c1-20-9-10(11-4-2-3-5-14(11)20)8-13(17(24)25)19-16(23)12(18)6-7-15(21)22;/h2-5,9,12-13H,6-8,18H2,1H3,(H,19,23)(H,21,22)(H,24,25);1H/t12?,13-;/m1./s1. The minimum Gasteiger partial charge on any atom is -0.481 e. The summed E-state index contributed by atoms with van der Waals surface area (Å²) < 4.78 is 1.89. The predicted octanol–water partition coefficient (Wildman–Crippen LogP) is 0.904. The maximum atomic E-state index is 12.0. The lowest BCUT2D eigenvalue weighted by Crippen LogP contribution is -2.49. The van der Waals surface area contributed by atoms with Crippen molar-refractivity contribution in [3.8, 4) is 0 Å². The van der Waals surface area contributed by atoms with Gasteiger partial charge in [0.15, 0.2) is 0 Å². The summed E-state index contributed by atoms with van der Waals surface area (Å²) in [5, 5.41) is 21.3. The zero-order chi connectivity index (χ0) is 18.6. The number of carboxylic acid groups (broad SMARTS) is 2. The Morgan fingerprint density at radius 3 is 2.50 bits per heavy atom. The smallest absolute Gasteiger partial charge is 0.326 e. The zero-order valence-electron chi connectivity index (χ0n) is 14.2. The van der Waals surface area contributed by atoms with Gasteiger partial charge in [0.1, 0.15) is 6.04 Å². The van der Waals surface area contributed by atoms with Crippen molar-refractivity contribution in [2.75, 3.05) is 0 Å². The van der Waals surface area contributed by atoms with Crippen molar-refractivity contribution < 1.29 is 24.6 Å². The third kappa shape index (κ3) is 5.21. The number of hydrogen-bond acceptors (Lipinski definition) is 4. The van der Waals surface area contributed by atoms with E-state index >= 15 is 0 Å². The molecule has 0 radical (unpaired) electrons. The highest BCUT2D eigenvalue weighted by molar-refractivity contribution is 5.89. The second-order valence-corrected chi connectivity index (χ2v) is 5.92. The Hall–Kier alpha value is -2.58. The SMILES string of the molecule is Cl.Cn1cc(C[C@@H](NC(=O)C(N)CCC(=O)O)C(=O)O)c2ccccc21. The molecular weight excluding hydrogens is 362 g/mol. The van der Waals surface area contributed by atoms with Crippen LogP contribution in [0.4, 0.5) is 0 Å². The van der Waals surface area contributed by atoms with Gasteiger partial charge < -0.3 is 25.8 Å². The van der Waals surface area contributed by atoms with Gasteiger partial charge in [-0.1, -0.05) is 18.2 Å². The van der Waals surface area contributed by atoms with Crippen LogP contribution in [0.2, 0.25) is 0 Å². The summed E-state index contributed by atoms with van der Waals surface area (Å²) in [7, 11) is 1.86. The van der Waals surface area contributed by atoms with Crippen LogP contribution < -0.4 is 11.1 Å². The first-order valence-electron chi connectivity index (χ1n) is 7.83. The Kier molecular flexibility index (Phi) is 7.60. The number of amides is 1. The average molecular weight is 384 g/mol. The van der Waals surface area contributed by atoms with Crippen LogP contribution in [-0.4, -0.2) is 44.7 Å². The molecule has 5 N–H and O–H groups in total. The molecule has 142 valence electrons. The van der Waals surface area contributed by atoms with Crippen LogP contribution in [0.5, 0.6) is 0 Å². The fourth-order valence-electron chi connectivity index (χ4n) is 2.70. The van der Waals surface area contributed by atoms with Crippen molar-refractivity contribution in [1.82, 2.24) is 9.88 Å². The largest absolute Gasteiger partial charge is 0.481 e. The molecule has 9 heteroatoms. The lowest BCUT2D eigenvalue weighted by atomic mass is 10.0. The predicted molar refractivity (Wildman–Crippen MR) is 98.3 cm³/mol. The van der Waals surface area contributed by atoms with Gasteiger partial charge in [-0.2, -0.15) is 0 Å². The fourth-order valence-corrected chi connectivity index (χ4v) is 2.70. The molecule has 0 aliphatic heterocycles. The lowest BCUT2D eigenvalue weighted by molar-refractivity contribution is -0.142. The van der Waals surface area contributed by atoms with E-state index < -0.39 is 29.9 Å². The van der Waals surface area contributed by atoms with E-state index in [2.05, 4.69) is 5.32 Å². The third-order valence-electron chi connectivity index (χ3n) is 4.02. The first-order valence-corrected chi connectivity index (χ1v) is 7.83. The van der Waals surface area contributed by atoms with Crippen molar-refractivity contribution in [3.05, 3.63) is 36.0 Å². The van der Waals surface area contributed by atoms with Gasteiger partial charge in [0.05, 0.1) is 6.04 Å². The van der Waals surface area contributed by atoms with E-state index in [1.54, 1.807) is 0 Å². The number of aliphatic carboxylic acids is 2. The molecule has 1 heterocycles. The highest BCUT2D eigenvalue weighted by atomic mass is 35.5. The molecule has 8 nitrogen and oxygen atoms in total. The van der Waals surface area contributed by atoms with Gasteiger partial charge in [0.25, 0.3) is 0 Å². The van der Waals surface area contributed by atoms with Crippen molar-refractivity contribution in [2.45, 2.75) is 31.3 Å². The minimum atomic E-state index is -1.17. The summed E-state index contributed by atoms with van der Waals surface area (Å²) in [6.45, 7) is 0. The summed E-state index contributed by atoms with van der Waals surface area (Å²) in [5.74, 6) is -2.91. The fraction of sp³-hybridized carbons (Fsp3) is 0.353. The van der Waals surface area contributed by atoms with Crippen LogP contribution in [0, 0.1) is 0 Å². The molecule has 1 unspecified atom stereocenters. The van der Waals surface area contributed by atoms with Crippen LogP contribution in [0.3, 0.4) is 0 Å². The van der Waals surface area contributed by atoms with Gasteiger partial charge in [-0.3, -0.25) is 9.59 Å². The van der Waals surface area contributed by atoms with Gasteiger partial charge >= 0.3 is 11.9 Å². The van der Waals surface area contributed by atoms with E-state index in [0.29, 0.717) is 0 Å². The summed E-state index contributed by atoms with van der Waals surface area (Å²) in [4.78, 5) is 34.1. The maximum absolute atomic E-state index is 12.0. The van der Waals surface area contributed by atoms with Gasteiger partial charge in [0.2, 0.25) is 5.91 Å². The van der Waals surface area contributed by atoms with Gasteiger partial charge in [-0.25, -0.2) is 4.79 Å². The van der Waals surface area contributed by atoms with Crippen molar-refractivity contribution >= 4 is 41.2 Å². The number of carbonyl (C=O) groups excluding carboxylic acids is 1. The molecule has 2 atom stereocenters. The van der Waals surface area contributed by atoms with E-state index in [1.807, 2.05) is 42.1 Å². The van der Waals surface area contributed by atoms with Crippen molar-refractivity contribution in [3.63, 3.8) is 0 Å². The molecule has 1 amide bonds. The Balaban J connectivity index is 0.00000338. The van der Waals surface area contributed by atoms with Crippen molar-refractivity contribution in [1.29, 1.82) is 0 Å². The number of nitrogens with one attached hydrogen (secondary N) is 1. The molecule has 0 saturated carbocycles. The number of benzene rings is 1. The van der Waals surface area contributed by atoms with E-state index in [0.717, 1.165) is 16.5 Å². The molecule has 0 aliphatic carbocycles. The van der Waals surface area contributed by atoms with Crippen LogP contribution in [0.15, 0.2) is 30.5 Å². The molecule has 2 aromatic rings. The normalized spacial score (nSPS) is 12.8. The number of hydrogen-bond donors (Lipinski definition) is 4. The van der Waals surface area contributed by atoms with E-state index in [9.17, 15) is 19.5 Å². The van der Waals surface area contributed by atoms with Crippen LogP contribution in [-0.2, 0) is 27.9 Å². The lowest BCUT2D eigenvalue weighted by Gasteiger charge is -2.17. The summed E-state index contributed by atoms with van der Waals surface area (Å²) in [5.41, 5.74) is 7.39. The molecular formula is C17H22ClN3O5. The Labute approximate surface area is 156 Å². The highest BCUT2D eigenvalue weighted by Crippen LogP contribution is 2.21. The number of nitrogens with two attached hydrogens (primary N) is 1. The van der Waals surface area contributed by atoms with E-state index in [4.69, 9.17) is 10.8 Å². The second-order valence-electron chi connectivity index (χ2n) is 5.92. The van der Waals surface area contributed by atoms with E-state index in [1.165, 1.54) is 0 Å². The van der Waals surface area contributed by atoms with Gasteiger partial charge in [-0.15, -0.1) is 12.4 Å². The number of para-hydroxylation sites is 1. The molecule has 1 aromatic carbocycles. The number of carbonyl (C=O) groups is 3. The Morgan fingerprint density at radius 1 is 1.23 bits per heavy atom. The number of aryl methyl sites for hydroxylation is 1. The molecule has 0 aliphatic rings. The first kappa shape index (κ1) is 21.5. The molecule has 2 rings (SSSR count). The monoisotopic (exact) mass is 383 g/mol. The highest BCUT2D eigenvalue weighted by Gasteiger charge is 2.25. The first-order chi connectivity index (χ1) is 11.8. The number of aromatic nitrogens is 1. The van der Waals surface area contributed by atoms with Crippen molar-refractivity contribution in [2.24, 2.45) is 12.8 Å².